The summed E-state index contributed by atoms with van der Waals surface area (Å²) < 4.78 is 30.0. The highest BCUT2D eigenvalue weighted by Crippen LogP contribution is 2.33. The molecule has 0 unspecified atom stereocenters. The summed E-state index contributed by atoms with van der Waals surface area (Å²) in [6.07, 6.45) is 0.121. The second-order valence-corrected chi connectivity index (χ2v) is 7.17. The number of furan rings is 1. The molecule has 31 heavy (non-hydrogen) atoms. The summed E-state index contributed by atoms with van der Waals surface area (Å²) in [4.78, 5) is 11.7. The van der Waals surface area contributed by atoms with Crippen molar-refractivity contribution in [2.75, 3.05) is 7.11 Å². The maximum Gasteiger partial charge on any atom is 0.310 e. The maximum atomic E-state index is 13.9. The quantitative estimate of drug-likeness (QED) is 0.427. The molecule has 0 saturated heterocycles. The van der Waals surface area contributed by atoms with Crippen molar-refractivity contribution in [2.24, 2.45) is 5.73 Å². The molecule has 0 aliphatic carbocycles. The number of methoxy groups -OCH3 is 1. The zero-order valence-electron chi connectivity index (χ0n) is 17.1. The van der Waals surface area contributed by atoms with Gasteiger partial charge in [-0.25, -0.2) is 0 Å². The predicted octanol–water partition coefficient (Wildman–Crippen LogP) is 4.99. The van der Waals surface area contributed by atoms with Crippen LogP contribution in [0.5, 0.6) is 5.75 Å². The third-order valence-electron chi connectivity index (χ3n) is 5.05. The lowest BCUT2D eigenvalue weighted by molar-refractivity contribution is -0.139. The number of carbonyl (C=O) groups is 1. The van der Waals surface area contributed by atoms with Gasteiger partial charge in [-0.3, -0.25) is 4.79 Å². The van der Waals surface area contributed by atoms with Crippen LogP contribution < -0.4 is 10.5 Å². The normalized spacial score (nSPS) is 10.9. The minimum absolute atomic E-state index is 0.121. The van der Waals surface area contributed by atoms with E-state index in [1.807, 2.05) is 54.6 Å². The van der Waals surface area contributed by atoms with Crippen LogP contribution in [0.2, 0.25) is 0 Å². The van der Waals surface area contributed by atoms with E-state index in [-0.39, 0.29) is 19.0 Å². The fourth-order valence-electron chi connectivity index (χ4n) is 3.53. The molecule has 0 radical (unpaired) electrons. The summed E-state index contributed by atoms with van der Waals surface area (Å²) in [5, 5.41) is 0.648. The van der Waals surface area contributed by atoms with Crippen molar-refractivity contribution >= 4 is 16.9 Å². The Morgan fingerprint density at radius 1 is 1.03 bits per heavy atom. The van der Waals surface area contributed by atoms with Gasteiger partial charge < -0.3 is 19.6 Å². The van der Waals surface area contributed by atoms with Crippen LogP contribution in [0.3, 0.4) is 0 Å². The average Bonchev–Trinajstić information content (AvgIpc) is 3.17. The molecule has 158 valence electrons. The molecule has 0 amide bonds. The molecule has 0 bridgehead atoms. The third-order valence-corrected chi connectivity index (χ3v) is 5.05. The van der Waals surface area contributed by atoms with Gasteiger partial charge in [0.25, 0.3) is 6.01 Å². The SMILES string of the molecule is COC(=O)Cc1ccccc1OCc1cc(-c2cccc(CN)c2)c2oc(F)cc2c1. The van der Waals surface area contributed by atoms with Crippen LogP contribution in [0.15, 0.2) is 71.1 Å². The fourth-order valence-corrected chi connectivity index (χ4v) is 3.53. The molecule has 0 aliphatic rings. The average molecular weight is 419 g/mol. The molecular formula is C25H22FNO4. The number of ether oxygens (including phenoxy) is 2. The first-order valence-electron chi connectivity index (χ1n) is 9.86. The molecule has 0 saturated carbocycles. The Balaban J connectivity index is 1.67. The second kappa shape index (κ2) is 9.02. The van der Waals surface area contributed by atoms with Gasteiger partial charge in [0, 0.05) is 29.1 Å². The van der Waals surface area contributed by atoms with Crippen LogP contribution in [0.1, 0.15) is 16.7 Å². The molecule has 3 aromatic carbocycles. The lowest BCUT2D eigenvalue weighted by atomic mass is 9.99. The van der Waals surface area contributed by atoms with Crippen LogP contribution in [0.25, 0.3) is 22.1 Å². The first kappa shape index (κ1) is 20.6. The number of benzene rings is 3. The summed E-state index contributed by atoms with van der Waals surface area (Å²) in [6, 6.07) is 19.5. The van der Waals surface area contributed by atoms with E-state index in [9.17, 15) is 9.18 Å². The van der Waals surface area contributed by atoms with E-state index < -0.39 is 6.01 Å². The molecule has 0 aliphatic heterocycles. The number of hydrogen-bond donors (Lipinski definition) is 1. The zero-order valence-corrected chi connectivity index (χ0v) is 17.1. The number of halogens is 1. The summed E-state index contributed by atoms with van der Waals surface area (Å²) in [5.41, 5.74) is 10.4. The molecular weight excluding hydrogens is 397 g/mol. The fraction of sp³-hybridized carbons (Fsp3) is 0.160. The Morgan fingerprint density at radius 2 is 1.87 bits per heavy atom. The third kappa shape index (κ3) is 4.59. The first-order valence-corrected chi connectivity index (χ1v) is 9.86. The Kier molecular flexibility index (Phi) is 6.00. The highest BCUT2D eigenvalue weighted by Gasteiger charge is 2.14. The van der Waals surface area contributed by atoms with Gasteiger partial charge in [-0.15, -0.1) is 0 Å². The topological polar surface area (TPSA) is 74.7 Å². The molecule has 4 rings (SSSR count). The van der Waals surface area contributed by atoms with Crippen molar-refractivity contribution < 1.29 is 23.1 Å². The van der Waals surface area contributed by atoms with Gasteiger partial charge in [0.15, 0.2) is 0 Å². The van der Waals surface area contributed by atoms with Crippen LogP contribution in [-0.4, -0.2) is 13.1 Å². The molecule has 0 atom stereocenters. The van der Waals surface area contributed by atoms with Crippen molar-refractivity contribution in [1.29, 1.82) is 0 Å². The molecule has 4 aromatic rings. The highest BCUT2D eigenvalue weighted by molar-refractivity contribution is 5.93. The van der Waals surface area contributed by atoms with Gasteiger partial charge >= 0.3 is 5.97 Å². The number of rotatable bonds is 7. The smallest absolute Gasteiger partial charge is 0.310 e. The standard InChI is InChI=1S/C25H22FNO4/c1-29-24(28)13-19-6-2-3-8-22(19)30-15-17-10-20-12-23(26)31-25(20)21(11-17)18-7-4-5-16(9-18)14-27/h2-12H,13-15,27H2,1H3. The summed E-state index contributed by atoms with van der Waals surface area (Å²) in [6.45, 7) is 0.647. The van der Waals surface area contributed by atoms with Crippen molar-refractivity contribution in [3.05, 3.63) is 89.4 Å². The maximum absolute atomic E-state index is 13.9. The number of nitrogens with two attached hydrogens (primary N) is 1. The van der Waals surface area contributed by atoms with E-state index in [4.69, 9.17) is 19.6 Å². The highest BCUT2D eigenvalue weighted by atomic mass is 19.1. The largest absolute Gasteiger partial charge is 0.489 e. The van der Waals surface area contributed by atoms with E-state index in [2.05, 4.69) is 0 Å². The lowest BCUT2D eigenvalue weighted by Crippen LogP contribution is -2.06. The monoisotopic (exact) mass is 419 g/mol. The molecule has 0 fully saturated rings. The summed E-state index contributed by atoms with van der Waals surface area (Å²) in [5.74, 6) is 0.256. The van der Waals surface area contributed by atoms with Gasteiger partial charge in [-0.2, -0.15) is 4.39 Å². The molecule has 5 nitrogen and oxygen atoms in total. The zero-order chi connectivity index (χ0) is 21.8. The van der Waals surface area contributed by atoms with Crippen molar-refractivity contribution in [2.45, 2.75) is 19.6 Å². The lowest BCUT2D eigenvalue weighted by Gasteiger charge is -2.12. The second-order valence-electron chi connectivity index (χ2n) is 7.17. The molecule has 0 spiro atoms. The number of fused-ring (bicyclic) bond motifs is 1. The van der Waals surface area contributed by atoms with Crippen LogP contribution in [-0.2, 0) is 29.1 Å². The van der Waals surface area contributed by atoms with Crippen molar-refractivity contribution in [3.8, 4) is 16.9 Å². The van der Waals surface area contributed by atoms with E-state index in [0.717, 1.165) is 27.8 Å². The van der Waals surface area contributed by atoms with Crippen molar-refractivity contribution in [3.63, 3.8) is 0 Å². The van der Waals surface area contributed by atoms with Crippen LogP contribution >= 0.6 is 0 Å². The van der Waals surface area contributed by atoms with Gasteiger partial charge in [0.2, 0.25) is 0 Å². The minimum Gasteiger partial charge on any atom is -0.489 e. The van der Waals surface area contributed by atoms with Crippen LogP contribution in [0, 0.1) is 6.01 Å². The minimum atomic E-state index is -0.646. The van der Waals surface area contributed by atoms with E-state index >= 15 is 0 Å². The summed E-state index contributed by atoms with van der Waals surface area (Å²) in [7, 11) is 1.35. The predicted molar refractivity (Wildman–Crippen MR) is 116 cm³/mol. The van der Waals surface area contributed by atoms with Gasteiger partial charge in [-0.1, -0.05) is 36.4 Å². The molecule has 6 heteroatoms. The van der Waals surface area contributed by atoms with Crippen molar-refractivity contribution in [1.82, 2.24) is 0 Å². The Morgan fingerprint density at radius 3 is 2.68 bits per heavy atom. The molecule has 1 heterocycles. The number of para-hydroxylation sites is 1. The van der Waals surface area contributed by atoms with E-state index in [1.165, 1.54) is 13.2 Å². The Labute approximate surface area is 179 Å². The number of hydrogen-bond acceptors (Lipinski definition) is 5. The summed E-state index contributed by atoms with van der Waals surface area (Å²) >= 11 is 0. The number of carbonyl (C=O) groups excluding carboxylic acids is 1. The van der Waals surface area contributed by atoms with E-state index in [1.54, 1.807) is 6.07 Å². The molecule has 2 N–H and O–H groups in total. The first-order chi connectivity index (χ1) is 15.1. The van der Waals surface area contributed by atoms with Gasteiger partial charge in [-0.05, 0) is 41.0 Å². The van der Waals surface area contributed by atoms with E-state index in [0.29, 0.717) is 23.3 Å². The van der Waals surface area contributed by atoms with Gasteiger partial charge in [0.1, 0.15) is 17.9 Å². The van der Waals surface area contributed by atoms with Gasteiger partial charge in [0.05, 0.1) is 13.5 Å². The Bertz CT molecular complexity index is 1230. The Hall–Kier alpha value is -3.64. The van der Waals surface area contributed by atoms with Crippen LogP contribution in [0.4, 0.5) is 4.39 Å². The molecule has 1 aromatic heterocycles. The number of esters is 1.